The van der Waals surface area contributed by atoms with Crippen molar-refractivity contribution in [2.45, 2.75) is 6.54 Å². The molecule has 5 heteroatoms. The number of benzene rings is 1. The fraction of sp³-hybridized carbons (Fsp3) is 0.0625. The van der Waals surface area contributed by atoms with Gasteiger partial charge in [-0.25, -0.2) is 4.79 Å². The Hall–Kier alpha value is -2.95. The number of hydrogen-bond donors (Lipinski definition) is 1. The lowest BCUT2D eigenvalue weighted by atomic mass is 10.1. The molecule has 0 saturated heterocycles. The highest BCUT2D eigenvalue weighted by Gasteiger charge is 2.14. The van der Waals surface area contributed by atoms with E-state index in [1.54, 1.807) is 35.2 Å². The Balaban J connectivity index is 2.24. The Kier molecular flexibility index (Phi) is 3.23. The number of aromatic carboxylic acids is 1. The number of fused-ring (bicyclic) bond motifs is 1. The fourth-order valence-electron chi connectivity index (χ4n) is 2.32. The SMILES string of the molecule is O=C(O)c1cn(Cc2cccnc2)c2ccccc2c1=O. The van der Waals surface area contributed by atoms with Crippen molar-refractivity contribution < 1.29 is 9.90 Å². The maximum Gasteiger partial charge on any atom is 0.341 e. The Morgan fingerprint density at radius 1 is 1.19 bits per heavy atom. The minimum Gasteiger partial charge on any atom is -0.477 e. The first-order valence-corrected chi connectivity index (χ1v) is 6.41. The first-order valence-electron chi connectivity index (χ1n) is 6.41. The van der Waals surface area contributed by atoms with Gasteiger partial charge in [-0.15, -0.1) is 0 Å². The van der Waals surface area contributed by atoms with Crippen LogP contribution in [-0.4, -0.2) is 20.6 Å². The molecular formula is C16H12N2O3. The summed E-state index contributed by atoms with van der Waals surface area (Å²) in [4.78, 5) is 27.5. The second-order valence-corrected chi connectivity index (χ2v) is 4.68. The number of nitrogens with zero attached hydrogens (tertiary/aromatic N) is 2. The molecule has 0 bridgehead atoms. The second-order valence-electron chi connectivity index (χ2n) is 4.68. The monoisotopic (exact) mass is 280 g/mol. The van der Waals surface area contributed by atoms with Crippen molar-refractivity contribution in [1.82, 2.24) is 9.55 Å². The molecule has 0 spiro atoms. The van der Waals surface area contributed by atoms with Crippen molar-refractivity contribution in [3.05, 3.63) is 76.3 Å². The predicted octanol–water partition coefficient (Wildman–Crippen LogP) is 2.14. The minimum atomic E-state index is -1.22. The van der Waals surface area contributed by atoms with Crippen molar-refractivity contribution in [2.24, 2.45) is 0 Å². The Bertz CT molecular complexity index is 870. The summed E-state index contributed by atoms with van der Waals surface area (Å²) in [6.45, 7) is 0.453. The number of hydrogen-bond acceptors (Lipinski definition) is 3. The molecule has 0 aliphatic carbocycles. The molecule has 104 valence electrons. The molecule has 2 aromatic heterocycles. The van der Waals surface area contributed by atoms with Gasteiger partial charge in [-0.2, -0.15) is 0 Å². The molecule has 3 rings (SSSR count). The van der Waals surface area contributed by atoms with Gasteiger partial charge in [0, 0.05) is 30.5 Å². The van der Waals surface area contributed by atoms with Crippen LogP contribution in [0.1, 0.15) is 15.9 Å². The van der Waals surface area contributed by atoms with Gasteiger partial charge in [0.2, 0.25) is 5.43 Å². The number of rotatable bonds is 3. The summed E-state index contributed by atoms with van der Waals surface area (Å²) in [7, 11) is 0. The van der Waals surface area contributed by atoms with Gasteiger partial charge in [0.1, 0.15) is 5.56 Å². The molecule has 2 heterocycles. The van der Waals surface area contributed by atoms with E-state index in [0.29, 0.717) is 17.4 Å². The zero-order valence-electron chi connectivity index (χ0n) is 11.1. The number of carbonyl (C=O) groups is 1. The maximum atomic E-state index is 12.2. The van der Waals surface area contributed by atoms with E-state index in [0.717, 1.165) is 5.56 Å². The van der Waals surface area contributed by atoms with E-state index >= 15 is 0 Å². The average molecular weight is 280 g/mol. The largest absolute Gasteiger partial charge is 0.477 e. The molecule has 5 nitrogen and oxygen atoms in total. The number of aromatic nitrogens is 2. The van der Waals surface area contributed by atoms with Crippen molar-refractivity contribution in [1.29, 1.82) is 0 Å². The highest BCUT2D eigenvalue weighted by molar-refractivity contribution is 5.92. The van der Waals surface area contributed by atoms with Crippen molar-refractivity contribution in [3.63, 3.8) is 0 Å². The van der Waals surface area contributed by atoms with E-state index in [1.807, 2.05) is 18.2 Å². The van der Waals surface area contributed by atoms with E-state index in [9.17, 15) is 14.7 Å². The third kappa shape index (κ3) is 2.41. The molecule has 0 amide bonds. The zero-order valence-corrected chi connectivity index (χ0v) is 11.1. The highest BCUT2D eigenvalue weighted by atomic mass is 16.4. The van der Waals surface area contributed by atoms with E-state index in [-0.39, 0.29) is 5.56 Å². The summed E-state index contributed by atoms with van der Waals surface area (Å²) in [5.41, 5.74) is 0.956. The van der Waals surface area contributed by atoms with Crippen LogP contribution >= 0.6 is 0 Å². The van der Waals surface area contributed by atoms with Gasteiger partial charge in [0.05, 0.1) is 5.52 Å². The minimum absolute atomic E-state index is 0.224. The summed E-state index contributed by atoms with van der Waals surface area (Å²) in [6.07, 6.45) is 4.78. The molecule has 0 fully saturated rings. The molecule has 0 saturated carbocycles. The Morgan fingerprint density at radius 2 is 2.00 bits per heavy atom. The van der Waals surface area contributed by atoms with Crippen LogP contribution in [0.2, 0.25) is 0 Å². The summed E-state index contributed by atoms with van der Waals surface area (Å²) < 4.78 is 1.76. The summed E-state index contributed by atoms with van der Waals surface area (Å²) in [5.74, 6) is -1.22. The number of pyridine rings is 2. The fourth-order valence-corrected chi connectivity index (χ4v) is 2.32. The van der Waals surface area contributed by atoms with E-state index in [2.05, 4.69) is 4.98 Å². The maximum absolute atomic E-state index is 12.2. The lowest BCUT2D eigenvalue weighted by Crippen LogP contribution is -2.19. The molecule has 0 aliphatic heterocycles. The van der Waals surface area contributed by atoms with Gasteiger partial charge >= 0.3 is 5.97 Å². The van der Waals surface area contributed by atoms with Gasteiger partial charge in [0.15, 0.2) is 0 Å². The molecule has 0 radical (unpaired) electrons. The van der Waals surface area contributed by atoms with Gasteiger partial charge in [-0.05, 0) is 23.8 Å². The van der Waals surface area contributed by atoms with E-state index in [1.165, 1.54) is 6.20 Å². The van der Waals surface area contributed by atoms with Crippen LogP contribution in [0, 0.1) is 0 Å². The molecule has 1 aromatic carbocycles. The van der Waals surface area contributed by atoms with E-state index < -0.39 is 11.4 Å². The highest BCUT2D eigenvalue weighted by Crippen LogP contribution is 2.13. The predicted molar refractivity (Wildman–Crippen MR) is 78.5 cm³/mol. The average Bonchev–Trinajstić information content (AvgIpc) is 2.51. The van der Waals surface area contributed by atoms with Gasteiger partial charge < -0.3 is 9.67 Å². The van der Waals surface area contributed by atoms with Gasteiger partial charge in [-0.1, -0.05) is 18.2 Å². The Morgan fingerprint density at radius 3 is 2.71 bits per heavy atom. The molecule has 0 atom stereocenters. The molecule has 1 N–H and O–H groups in total. The summed E-state index contributed by atoms with van der Waals surface area (Å²) in [6, 6.07) is 10.7. The van der Waals surface area contributed by atoms with Gasteiger partial charge in [-0.3, -0.25) is 9.78 Å². The number of carboxylic acid groups (broad SMARTS) is 1. The third-order valence-electron chi connectivity index (χ3n) is 3.29. The van der Waals surface area contributed by atoms with E-state index in [4.69, 9.17) is 0 Å². The van der Waals surface area contributed by atoms with Crippen LogP contribution in [0.3, 0.4) is 0 Å². The standard InChI is InChI=1S/C16H12N2O3/c19-15-12-5-1-2-6-14(12)18(10-13(15)16(20)21)9-11-4-3-7-17-8-11/h1-8,10H,9H2,(H,20,21). The lowest BCUT2D eigenvalue weighted by molar-refractivity contribution is 0.0695. The van der Waals surface area contributed by atoms with Crippen LogP contribution in [0.5, 0.6) is 0 Å². The van der Waals surface area contributed by atoms with Gasteiger partial charge in [0.25, 0.3) is 0 Å². The summed E-state index contributed by atoms with van der Waals surface area (Å²) >= 11 is 0. The van der Waals surface area contributed by atoms with Crippen LogP contribution in [0.4, 0.5) is 0 Å². The zero-order chi connectivity index (χ0) is 14.8. The van der Waals surface area contributed by atoms with Crippen LogP contribution in [-0.2, 0) is 6.54 Å². The molecule has 0 aliphatic rings. The van der Waals surface area contributed by atoms with Crippen molar-refractivity contribution in [3.8, 4) is 0 Å². The first kappa shape index (κ1) is 13.1. The summed E-state index contributed by atoms with van der Waals surface area (Å²) in [5, 5.41) is 9.59. The quantitative estimate of drug-likeness (QED) is 0.797. The Labute approximate surface area is 120 Å². The third-order valence-corrected chi connectivity index (χ3v) is 3.29. The smallest absolute Gasteiger partial charge is 0.341 e. The topological polar surface area (TPSA) is 72.2 Å². The second kappa shape index (κ2) is 5.20. The first-order chi connectivity index (χ1) is 10.2. The lowest BCUT2D eigenvalue weighted by Gasteiger charge is -2.12. The number of para-hydroxylation sites is 1. The van der Waals surface area contributed by atoms with Crippen LogP contribution < -0.4 is 5.43 Å². The van der Waals surface area contributed by atoms with Crippen LogP contribution in [0.15, 0.2) is 59.8 Å². The molecule has 0 unspecified atom stereocenters. The molecule has 21 heavy (non-hydrogen) atoms. The molecule has 3 aromatic rings. The molecular weight excluding hydrogens is 268 g/mol. The van der Waals surface area contributed by atoms with Crippen LogP contribution in [0.25, 0.3) is 10.9 Å². The normalized spacial score (nSPS) is 10.7. The van der Waals surface area contributed by atoms with Crippen molar-refractivity contribution in [2.75, 3.05) is 0 Å². The number of carboxylic acids is 1. The van der Waals surface area contributed by atoms with Crippen molar-refractivity contribution >= 4 is 16.9 Å².